The molecule has 0 aliphatic carbocycles. The minimum Gasteiger partial charge on any atom is -0.480 e. The predicted molar refractivity (Wildman–Crippen MR) is 124 cm³/mol. The van der Waals surface area contributed by atoms with Gasteiger partial charge in [0.05, 0.1) is 0 Å². The molecule has 2 atom stereocenters. The Morgan fingerprint density at radius 3 is 2.06 bits per heavy atom. The summed E-state index contributed by atoms with van der Waals surface area (Å²) in [7, 11) is 0. The van der Waals surface area contributed by atoms with Crippen LogP contribution in [0.5, 0.6) is 0 Å². The third-order valence-electron chi connectivity index (χ3n) is 5.00. The Morgan fingerprint density at radius 1 is 0.848 bits per heavy atom. The van der Waals surface area contributed by atoms with Crippen LogP contribution in [0.4, 0.5) is 0 Å². The van der Waals surface area contributed by atoms with E-state index in [9.17, 15) is 19.5 Å². The van der Waals surface area contributed by atoms with Gasteiger partial charge in [-0.15, -0.1) is 0 Å². The van der Waals surface area contributed by atoms with Crippen LogP contribution in [-0.2, 0) is 16.0 Å². The molecular formula is C25H24N4O4. The largest absolute Gasteiger partial charge is 0.480 e. The van der Waals surface area contributed by atoms with Crippen LogP contribution in [0.2, 0.25) is 0 Å². The fourth-order valence-corrected chi connectivity index (χ4v) is 3.29. The second-order valence-corrected chi connectivity index (χ2v) is 7.40. The smallest absolute Gasteiger partial charge is 0.326 e. The van der Waals surface area contributed by atoms with E-state index < -0.39 is 29.9 Å². The average Bonchev–Trinajstić information content (AvgIpc) is 2.83. The van der Waals surface area contributed by atoms with E-state index in [-0.39, 0.29) is 17.8 Å². The van der Waals surface area contributed by atoms with Crippen LogP contribution in [0.15, 0.2) is 84.9 Å². The molecule has 3 aromatic rings. The van der Waals surface area contributed by atoms with Crippen molar-refractivity contribution in [2.24, 2.45) is 5.73 Å². The van der Waals surface area contributed by atoms with Crippen molar-refractivity contribution in [2.75, 3.05) is 0 Å². The summed E-state index contributed by atoms with van der Waals surface area (Å²) in [4.78, 5) is 37.9. The van der Waals surface area contributed by atoms with Gasteiger partial charge in [0.1, 0.15) is 17.9 Å². The van der Waals surface area contributed by atoms with Crippen molar-refractivity contribution >= 4 is 23.6 Å². The van der Waals surface area contributed by atoms with Gasteiger partial charge in [-0.3, -0.25) is 15.0 Å². The van der Waals surface area contributed by atoms with Gasteiger partial charge in [-0.05, 0) is 23.3 Å². The van der Waals surface area contributed by atoms with Crippen molar-refractivity contribution in [3.8, 4) is 0 Å². The fraction of sp³-hybridized carbons (Fsp3) is 0.120. The van der Waals surface area contributed by atoms with Gasteiger partial charge in [0, 0.05) is 17.5 Å². The number of carbonyl (C=O) groups is 3. The zero-order valence-corrected chi connectivity index (χ0v) is 17.7. The molecule has 3 aromatic carbocycles. The first-order chi connectivity index (χ1) is 15.8. The van der Waals surface area contributed by atoms with E-state index in [0.29, 0.717) is 11.1 Å². The highest BCUT2D eigenvalue weighted by molar-refractivity contribution is 6.01. The summed E-state index contributed by atoms with van der Waals surface area (Å²) in [6.45, 7) is 0. The first-order valence-corrected chi connectivity index (χ1v) is 10.2. The summed E-state index contributed by atoms with van der Waals surface area (Å²) in [5.41, 5.74) is 7.34. The maximum absolute atomic E-state index is 13.1. The minimum absolute atomic E-state index is 0.0953. The standard InChI is InChI=1S/C25H24N4O4/c26-22(27)18-12-7-13-19(15-18)23(30)29-21(17-10-5-2-6-11-17)24(31)28-20(25(32)33)14-16-8-3-1-4-9-16/h1-13,15,20-21H,14H2,(H3,26,27)(H,28,31)(H,29,30)(H,32,33)/t20-,21-/m1/s1. The van der Waals surface area contributed by atoms with Crippen LogP contribution in [0.1, 0.15) is 33.1 Å². The number of hydrogen-bond acceptors (Lipinski definition) is 4. The lowest BCUT2D eigenvalue weighted by atomic mass is 10.0. The van der Waals surface area contributed by atoms with Gasteiger partial charge in [0.25, 0.3) is 5.91 Å². The van der Waals surface area contributed by atoms with Gasteiger partial charge in [0.15, 0.2) is 0 Å². The highest BCUT2D eigenvalue weighted by atomic mass is 16.4. The average molecular weight is 444 g/mol. The number of nitrogens with one attached hydrogen (secondary N) is 3. The molecule has 8 heteroatoms. The van der Waals surface area contributed by atoms with Crippen LogP contribution < -0.4 is 16.4 Å². The number of hydrogen-bond donors (Lipinski definition) is 5. The lowest BCUT2D eigenvalue weighted by Crippen LogP contribution is -2.48. The molecule has 0 radical (unpaired) electrons. The number of aliphatic carboxylic acids is 1. The number of carbonyl (C=O) groups excluding carboxylic acids is 2. The molecule has 0 saturated carbocycles. The topological polar surface area (TPSA) is 145 Å². The Balaban J connectivity index is 1.83. The quantitative estimate of drug-likeness (QED) is 0.254. The van der Waals surface area contributed by atoms with Gasteiger partial charge < -0.3 is 21.5 Å². The first-order valence-electron chi connectivity index (χ1n) is 10.2. The summed E-state index contributed by atoms with van der Waals surface area (Å²) < 4.78 is 0. The van der Waals surface area contributed by atoms with Crippen molar-refractivity contribution in [1.29, 1.82) is 5.41 Å². The summed E-state index contributed by atoms with van der Waals surface area (Å²) in [6, 6.07) is 21.4. The Bertz CT molecular complexity index is 1150. The molecule has 33 heavy (non-hydrogen) atoms. The lowest BCUT2D eigenvalue weighted by Gasteiger charge is -2.22. The molecule has 0 heterocycles. The van der Waals surface area contributed by atoms with E-state index in [1.165, 1.54) is 12.1 Å². The highest BCUT2D eigenvalue weighted by Gasteiger charge is 2.28. The van der Waals surface area contributed by atoms with Gasteiger partial charge in [-0.2, -0.15) is 0 Å². The molecule has 0 saturated heterocycles. The normalized spacial score (nSPS) is 12.2. The summed E-state index contributed by atoms with van der Waals surface area (Å²) in [5.74, 6) is -2.58. The SMILES string of the molecule is N=C(N)c1cccc(C(=O)N[C@@H](C(=O)N[C@H](Cc2ccccc2)C(=O)O)c2ccccc2)c1. The summed E-state index contributed by atoms with van der Waals surface area (Å²) >= 11 is 0. The zero-order valence-electron chi connectivity index (χ0n) is 17.7. The Morgan fingerprint density at radius 2 is 1.45 bits per heavy atom. The Hall–Kier alpha value is -4.46. The minimum atomic E-state index is -1.18. The van der Waals surface area contributed by atoms with Crippen molar-refractivity contribution in [3.63, 3.8) is 0 Å². The number of carboxylic acids is 1. The number of rotatable bonds is 9. The Kier molecular flexibility index (Phi) is 7.54. The summed E-state index contributed by atoms with van der Waals surface area (Å²) in [6.07, 6.45) is 0.0953. The third kappa shape index (κ3) is 6.27. The van der Waals surface area contributed by atoms with Gasteiger partial charge in [-0.1, -0.05) is 72.8 Å². The number of benzene rings is 3. The maximum Gasteiger partial charge on any atom is 0.326 e. The molecule has 0 bridgehead atoms. The van der Waals surface area contributed by atoms with Crippen LogP contribution in [-0.4, -0.2) is 34.8 Å². The Labute approximate surface area is 191 Å². The molecule has 3 rings (SSSR count). The monoisotopic (exact) mass is 444 g/mol. The van der Waals surface area contributed by atoms with E-state index in [1.54, 1.807) is 66.7 Å². The molecule has 0 fully saturated rings. The van der Waals surface area contributed by atoms with Crippen molar-refractivity contribution in [1.82, 2.24) is 10.6 Å². The van der Waals surface area contributed by atoms with E-state index in [0.717, 1.165) is 5.56 Å². The van der Waals surface area contributed by atoms with E-state index in [1.807, 2.05) is 6.07 Å². The number of nitrogen functional groups attached to an aromatic ring is 1. The van der Waals surface area contributed by atoms with Crippen molar-refractivity contribution < 1.29 is 19.5 Å². The van der Waals surface area contributed by atoms with E-state index in [2.05, 4.69) is 10.6 Å². The van der Waals surface area contributed by atoms with Crippen LogP contribution in [0, 0.1) is 5.41 Å². The predicted octanol–water partition coefficient (Wildman–Crippen LogP) is 2.25. The maximum atomic E-state index is 13.1. The fourth-order valence-electron chi connectivity index (χ4n) is 3.29. The molecule has 6 N–H and O–H groups in total. The van der Waals surface area contributed by atoms with Crippen LogP contribution in [0.3, 0.4) is 0 Å². The number of amides is 2. The van der Waals surface area contributed by atoms with Crippen molar-refractivity contribution in [3.05, 3.63) is 107 Å². The number of nitrogens with two attached hydrogens (primary N) is 1. The second kappa shape index (κ2) is 10.7. The molecule has 2 amide bonds. The number of amidine groups is 1. The van der Waals surface area contributed by atoms with Crippen LogP contribution >= 0.6 is 0 Å². The molecule has 0 unspecified atom stereocenters. The molecule has 0 aliphatic rings. The number of carboxylic acid groups (broad SMARTS) is 1. The molecule has 0 spiro atoms. The first kappa shape index (κ1) is 23.2. The zero-order chi connectivity index (χ0) is 23.8. The van der Waals surface area contributed by atoms with E-state index >= 15 is 0 Å². The summed E-state index contributed by atoms with van der Waals surface area (Å²) in [5, 5.41) is 22.4. The molecule has 168 valence electrons. The third-order valence-corrected chi connectivity index (χ3v) is 5.00. The molecular weight excluding hydrogens is 420 g/mol. The van der Waals surface area contributed by atoms with Crippen LogP contribution in [0.25, 0.3) is 0 Å². The second-order valence-electron chi connectivity index (χ2n) is 7.40. The van der Waals surface area contributed by atoms with Gasteiger partial charge in [0.2, 0.25) is 5.91 Å². The van der Waals surface area contributed by atoms with Crippen molar-refractivity contribution in [2.45, 2.75) is 18.5 Å². The highest BCUT2D eigenvalue weighted by Crippen LogP contribution is 2.16. The van der Waals surface area contributed by atoms with Gasteiger partial charge >= 0.3 is 5.97 Å². The molecule has 0 aromatic heterocycles. The molecule has 8 nitrogen and oxygen atoms in total. The lowest BCUT2D eigenvalue weighted by molar-refractivity contribution is -0.142. The molecule has 0 aliphatic heterocycles. The van der Waals surface area contributed by atoms with Gasteiger partial charge in [-0.25, -0.2) is 4.79 Å². The van der Waals surface area contributed by atoms with E-state index in [4.69, 9.17) is 11.1 Å².